The Bertz CT molecular complexity index is 1750. The number of amides is 1. The van der Waals surface area contributed by atoms with Crippen molar-refractivity contribution >= 4 is 33.3 Å². The molecule has 7 rings (SSSR count). The van der Waals surface area contributed by atoms with Gasteiger partial charge in [0, 0.05) is 61.0 Å². The molecule has 1 aliphatic heterocycles. The Kier molecular flexibility index (Phi) is 6.44. The van der Waals surface area contributed by atoms with Crippen molar-refractivity contribution in [3.63, 3.8) is 0 Å². The van der Waals surface area contributed by atoms with E-state index in [-0.39, 0.29) is 22.7 Å². The van der Waals surface area contributed by atoms with Crippen LogP contribution in [-0.4, -0.2) is 65.1 Å². The Morgan fingerprint density at radius 3 is 2.60 bits per heavy atom. The van der Waals surface area contributed by atoms with Crippen LogP contribution < -0.4 is 16.0 Å². The van der Waals surface area contributed by atoms with E-state index in [0.29, 0.717) is 42.3 Å². The van der Waals surface area contributed by atoms with Crippen LogP contribution >= 0.6 is 0 Å². The molecule has 0 radical (unpaired) electrons. The van der Waals surface area contributed by atoms with Crippen molar-refractivity contribution in [3.8, 4) is 22.6 Å². The third kappa shape index (κ3) is 5.22. The van der Waals surface area contributed by atoms with Crippen LogP contribution in [0.2, 0.25) is 0 Å². The number of hydrogen-bond acceptors (Lipinski definition) is 10. The van der Waals surface area contributed by atoms with Crippen molar-refractivity contribution in [1.29, 1.82) is 0 Å². The molecular formula is C28H32N10O3S. The number of anilines is 3. The van der Waals surface area contributed by atoms with Crippen molar-refractivity contribution in [1.82, 2.24) is 39.2 Å². The topological polar surface area (TPSA) is 162 Å². The third-order valence-corrected chi connectivity index (χ3v) is 10.4. The monoisotopic (exact) mass is 588 g/mol. The Balaban J connectivity index is 1.11. The molecular weight excluding hydrogens is 556 g/mol. The molecule has 13 nitrogen and oxygen atoms in total. The maximum absolute atomic E-state index is 12.5. The number of pyridine rings is 1. The zero-order valence-electron chi connectivity index (χ0n) is 23.2. The number of carbonyl (C=O) groups is 1. The molecule has 0 aromatic carbocycles. The first-order valence-electron chi connectivity index (χ1n) is 14.2. The SMILES string of the molecule is Cn1ccc(-c2cnc(Nc3ccnc(-c4cnn(S(=O)(=O)C5CC5)c4)n3)cc2NC2CCC3(CCC(=O)N3)CC2)n1. The molecule has 4 aromatic rings. The average molecular weight is 589 g/mol. The predicted octanol–water partition coefficient (Wildman–Crippen LogP) is 3.22. The average Bonchev–Trinajstić information content (AvgIpc) is 3.39. The molecule has 2 saturated carbocycles. The predicted molar refractivity (Wildman–Crippen MR) is 156 cm³/mol. The molecule has 14 heteroatoms. The molecule has 1 spiro atoms. The van der Waals surface area contributed by atoms with Crippen molar-refractivity contribution in [2.45, 2.75) is 68.2 Å². The van der Waals surface area contributed by atoms with E-state index in [1.807, 2.05) is 25.4 Å². The minimum Gasteiger partial charge on any atom is -0.382 e. The van der Waals surface area contributed by atoms with Crippen LogP contribution in [0.3, 0.4) is 0 Å². The maximum atomic E-state index is 12.5. The van der Waals surface area contributed by atoms with Gasteiger partial charge in [0.15, 0.2) is 5.82 Å². The summed E-state index contributed by atoms with van der Waals surface area (Å²) in [6.45, 7) is 0. The first-order chi connectivity index (χ1) is 20.3. The van der Waals surface area contributed by atoms with Gasteiger partial charge in [-0.15, -0.1) is 0 Å². The van der Waals surface area contributed by atoms with Gasteiger partial charge in [-0.2, -0.15) is 14.3 Å². The van der Waals surface area contributed by atoms with Crippen molar-refractivity contribution < 1.29 is 13.2 Å². The van der Waals surface area contributed by atoms with E-state index in [4.69, 9.17) is 0 Å². The molecule has 4 aromatic heterocycles. The number of aromatic nitrogens is 7. The van der Waals surface area contributed by atoms with Crippen LogP contribution in [-0.2, 0) is 21.9 Å². The van der Waals surface area contributed by atoms with Crippen LogP contribution in [0.15, 0.2) is 49.2 Å². The molecule has 0 bridgehead atoms. The van der Waals surface area contributed by atoms with Gasteiger partial charge in [0.05, 0.1) is 28.9 Å². The van der Waals surface area contributed by atoms with E-state index in [2.05, 4.69) is 41.1 Å². The summed E-state index contributed by atoms with van der Waals surface area (Å²) < 4.78 is 27.9. The molecule has 3 N–H and O–H groups in total. The third-order valence-electron chi connectivity index (χ3n) is 8.37. The van der Waals surface area contributed by atoms with E-state index in [0.717, 1.165) is 53.1 Å². The lowest BCUT2D eigenvalue weighted by molar-refractivity contribution is -0.120. The minimum atomic E-state index is -3.47. The Morgan fingerprint density at radius 2 is 1.88 bits per heavy atom. The molecule has 3 fully saturated rings. The number of hydrogen-bond donors (Lipinski definition) is 3. The summed E-state index contributed by atoms with van der Waals surface area (Å²) in [6.07, 6.45) is 14.9. The van der Waals surface area contributed by atoms with Gasteiger partial charge in [0.1, 0.15) is 11.6 Å². The van der Waals surface area contributed by atoms with Crippen LogP contribution in [0.1, 0.15) is 51.4 Å². The first kappa shape index (κ1) is 26.6. The van der Waals surface area contributed by atoms with Crippen LogP contribution in [0.4, 0.5) is 17.3 Å². The molecule has 0 unspecified atom stereocenters. The first-order valence-corrected chi connectivity index (χ1v) is 15.7. The number of carbonyl (C=O) groups excluding carboxylic acids is 1. The van der Waals surface area contributed by atoms with Gasteiger partial charge in [0.2, 0.25) is 5.91 Å². The summed E-state index contributed by atoms with van der Waals surface area (Å²) in [6, 6.07) is 5.89. The number of nitrogens with one attached hydrogen (secondary N) is 3. The van der Waals surface area contributed by atoms with E-state index in [1.54, 1.807) is 23.1 Å². The van der Waals surface area contributed by atoms with Gasteiger partial charge in [0.25, 0.3) is 10.0 Å². The zero-order chi connectivity index (χ0) is 28.9. The van der Waals surface area contributed by atoms with Crippen LogP contribution in [0, 0.1) is 0 Å². The fraction of sp³-hybridized carbons (Fsp3) is 0.429. The Hall–Kier alpha value is -4.33. The van der Waals surface area contributed by atoms with Gasteiger partial charge in [-0.25, -0.2) is 23.4 Å². The quantitative estimate of drug-likeness (QED) is 0.279. The van der Waals surface area contributed by atoms with Gasteiger partial charge in [-0.05, 0) is 57.1 Å². The fourth-order valence-corrected chi connectivity index (χ4v) is 7.34. The van der Waals surface area contributed by atoms with Crippen LogP contribution in [0.25, 0.3) is 22.6 Å². The number of aryl methyl sites for hydroxylation is 1. The number of nitrogens with zero attached hydrogens (tertiary/aromatic N) is 7. The summed E-state index contributed by atoms with van der Waals surface area (Å²) in [4.78, 5) is 25.4. The largest absolute Gasteiger partial charge is 0.382 e. The summed E-state index contributed by atoms with van der Waals surface area (Å²) in [7, 11) is -1.59. The second-order valence-electron chi connectivity index (χ2n) is 11.5. The fourth-order valence-electron chi connectivity index (χ4n) is 5.87. The molecule has 218 valence electrons. The van der Waals surface area contributed by atoms with Gasteiger partial charge in [-0.1, -0.05) is 0 Å². The summed E-state index contributed by atoms with van der Waals surface area (Å²) >= 11 is 0. The van der Waals surface area contributed by atoms with E-state index in [9.17, 15) is 13.2 Å². The van der Waals surface area contributed by atoms with E-state index >= 15 is 0 Å². The lowest BCUT2D eigenvalue weighted by Gasteiger charge is -2.38. The van der Waals surface area contributed by atoms with Gasteiger partial charge < -0.3 is 16.0 Å². The van der Waals surface area contributed by atoms with Crippen molar-refractivity contribution in [2.24, 2.45) is 7.05 Å². The van der Waals surface area contributed by atoms with Crippen molar-refractivity contribution in [3.05, 3.63) is 49.2 Å². The highest BCUT2D eigenvalue weighted by molar-refractivity contribution is 7.90. The second kappa shape index (κ2) is 10.2. The summed E-state index contributed by atoms with van der Waals surface area (Å²) in [5, 5.41) is 18.5. The molecule has 5 heterocycles. The highest BCUT2D eigenvalue weighted by atomic mass is 32.2. The zero-order valence-corrected chi connectivity index (χ0v) is 24.0. The molecule has 1 saturated heterocycles. The number of rotatable bonds is 8. The molecule has 42 heavy (non-hydrogen) atoms. The lowest BCUT2D eigenvalue weighted by atomic mass is 9.78. The minimum absolute atomic E-state index is 0.0483. The smallest absolute Gasteiger partial charge is 0.256 e. The Labute approximate surface area is 243 Å². The highest BCUT2D eigenvalue weighted by Gasteiger charge is 2.41. The standard InChI is InChI=1S/C28H32N10O3S/c1-37-13-8-22(36-37)21-16-30-25(14-23(21)32-19-4-9-28(10-5-19)11-6-26(39)35-28)33-24-7-12-29-27(34-24)18-15-31-38(17-18)42(40,41)20-2-3-20/h7-8,12-17,19-20H,2-6,9-11H2,1H3,(H,35,39)(H2,29,30,32,33,34). The normalized spacial score (nSPS) is 22.3. The summed E-state index contributed by atoms with van der Waals surface area (Å²) in [5.74, 6) is 1.62. The van der Waals surface area contributed by atoms with Gasteiger partial charge in [-0.3, -0.25) is 9.48 Å². The highest BCUT2D eigenvalue weighted by Crippen LogP contribution is 2.38. The van der Waals surface area contributed by atoms with Crippen molar-refractivity contribution in [2.75, 3.05) is 10.6 Å². The lowest BCUT2D eigenvalue weighted by Crippen LogP contribution is -2.46. The molecule has 1 amide bonds. The van der Waals surface area contributed by atoms with E-state index in [1.165, 1.54) is 12.4 Å². The second-order valence-corrected chi connectivity index (χ2v) is 13.5. The molecule has 0 atom stereocenters. The molecule has 3 aliphatic rings. The van der Waals surface area contributed by atoms with E-state index < -0.39 is 10.0 Å². The van der Waals surface area contributed by atoms with Gasteiger partial charge >= 0.3 is 0 Å². The van der Waals surface area contributed by atoms with Crippen LogP contribution in [0.5, 0.6) is 0 Å². The Morgan fingerprint density at radius 1 is 1.05 bits per heavy atom. The summed E-state index contributed by atoms with van der Waals surface area (Å²) in [5.41, 5.74) is 3.08. The maximum Gasteiger partial charge on any atom is 0.256 e. The molecule has 2 aliphatic carbocycles.